The van der Waals surface area contributed by atoms with Gasteiger partial charge in [-0.05, 0) is 35.9 Å². The number of anilines is 1. The van der Waals surface area contributed by atoms with Crippen LogP contribution in [0.2, 0.25) is 0 Å². The highest BCUT2D eigenvalue weighted by molar-refractivity contribution is 9.10. The van der Waals surface area contributed by atoms with Crippen LogP contribution in [0.5, 0.6) is 0 Å². The minimum Gasteiger partial charge on any atom is -0.375 e. The molecule has 0 bridgehead atoms. The van der Waals surface area contributed by atoms with Gasteiger partial charge in [0.25, 0.3) is 5.91 Å². The average molecular weight is 515 g/mol. The zero-order chi connectivity index (χ0) is 20.6. The Hall–Kier alpha value is -2.28. The van der Waals surface area contributed by atoms with Crippen LogP contribution in [0.4, 0.5) is 5.69 Å². The van der Waals surface area contributed by atoms with Gasteiger partial charge in [-0.2, -0.15) is 0 Å². The van der Waals surface area contributed by atoms with Crippen LogP contribution in [0.3, 0.4) is 0 Å². The second kappa shape index (κ2) is 7.86. The lowest BCUT2D eigenvalue weighted by atomic mass is 9.88. The summed E-state index contributed by atoms with van der Waals surface area (Å²) < 4.78 is 1.59. The Kier molecular flexibility index (Phi) is 5.42. The van der Waals surface area contributed by atoms with Crippen molar-refractivity contribution in [2.75, 3.05) is 4.90 Å². The number of hydrogen-bond donors (Lipinski definition) is 1. The highest BCUT2D eigenvalue weighted by Gasteiger charge is 2.51. The Morgan fingerprint density at radius 3 is 2.28 bits per heavy atom. The van der Waals surface area contributed by atoms with E-state index in [9.17, 15) is 14.7 Å². The Morgan fingerprint density at radius 1 is 0.931 bits per heavy atom. The third-order valence-corrected chi connectivity index (χ3v) is 6.08. The van der Waals surface area contributed by atoms with Crippen molar-refractivity contribution in [3.8, 4) is 0 Å². The van der Waals surface area contributed by atoms with E-state index in [0.29, 0.717) is 23.4 Å². The minimum absolute atomic E-state index is 0.291. The lowest BCUT2D eigenvalue weighted by molar-refractivity contribution is -0.136. The first-order valence-electron chi connectivity index (χ1n) is 9.05. The van der Waals surface area contributed by atoms with E-state index in [4.69, 9.17) is 0 Å². The summed E-state index contributed by atoms with van der Waals surface area (Å²) in [6.45, 7) is 0.323. The zero-order valence-corrected chi connectivity index (χ0v) is 18.5. The van der Waals surface area contributed by atoms with Crippen LogP contribution in [0.15, 0.2) is 81.7 Å². The molecular formula is C23H17Br2NO3. The molecule has 4 rings (SSSR count). The molecule has 146 valence electrons. The van der Waals surface area contributed by atoms with Crippen molar-refractivity contribution in [2.45, 2.75) is 18.6 Å². The molecule has 0 spiro atoms. The first-order valence-corrected chi connectivity index (χ1v) is 10.6. The van der Waals surface area contributed by atoms with Gasteiger partial charge >= 0.3 is 0 Å². The topological polar surface area (TPSA) is 57.6 Å². The van der Waals surface area contributed by atoms with Gasteiger partial charge in [-0.15, -0.1) is 0 Å². The maximum atomic E-state index is 13.3. The molecule has 1 N–H and O–H groups in total. The fourth-order valence-corrected chi connectivity index (χ4v) is 4.21. The van der Waals surface area contributed by atoms with Crippen molar-refractivity contribution in [1.29, 1.82) is 0 Å². The van der Waals surface area contributed by atoms with Gasteiger partial charge < -0.3 is 10.0 Å². The van der Waals surface area contributed by atoms with Crippen molar-refractivity contribution in [3.05, 3.63) is 98.4 Å². The fraction of sp³-hybridized carbons (Fsp3) is 0.130. The number of aliphatic hydroxyl groups is 1. The molecule has 0 saturated carbocycles. The molecule has 0 saturated heterocycles. The lowest BCUT2D eigenvalue weighted by Gasteiger charge is -2.23. The molecule has 1 heterocycles. The summed E-state index contributed by atoms with van der Waals surface area (Å²) in [6.07, 6.45) is -0.317. The molecular weight excluding hydrogens is 498 g/mol. The molecule has 1 aliphatic rings. The molecule has 0 aromatic heterocycles. The van der Waals surface area contributed by atoms with Crippen molar-refractivity contribution in [3.63, 3.8) is 0 Å². The van der Waals surface area contributed by atoms with Crippen molar-refractivity contribution in [1.82, 2.24) is 0 Å². The summed E-state index contributed by atoms with van der Waals surface area (Å²) >= 11 is 6.76. The van der Waals surface area contributed by atoms with Gasteiger partial charge in [-0.3, -0.25) is 9.59 Å². The predicted molar refractivity (Wildman–Crippen MR) is 119 cm³/mol. The van der Waals surface area contributed by atoms with Gasteiger partial charge in [-0.1, -0.05) is 74.3 Å². The second-order valence-corrected chi connectivity index (χ2v) is 8.84. The summed E-state index contributed by atoms with van der Waals surface area (Å²) in [5, 5.41) is 11.4. The van der Waals surface area contributed by atoms with Gasteiger partial charge in [0.05, 0.1) is 18.7 Å². The third kappa shape index (κ3) is 3.80. The Bertz CT molecular complexity index is 1080. The van der Waals surface area contributed by atoms with Crippen LogP contribution >= 0.6 is 31.9 Å². The molecule has 0 aliphatic carbocycles. The van der Waals surface area contributed by atoms with E-state index < -0.39 is 11.5 Å². The highest BCUT2D eigenvalue weighted by Crippen LogP contribution is 2.44. The van der Waals surface area contributed by atoms with Crippen LogP contribution < -0.4 is 4.90 Å². The van der Waals surface area contributed by atoms with E-state index in [-0.39, 0.29) is 12.2 Å². The number of Topliss-reactive ketones (excluding diaryl/α,β-unsaturated/α-hetero) is 1. The highest BCUT2D eigenvalue weighted by atomic mass is 79.9. The minimum atomic E-state index is -1.90. The summed E-state index contributed by atoms with van der Waals surface area (Å²) in [6, 6.07) is 21.8. The normalized spacial score (nSPS) is 18.0. The number of halogens is 2. The molecule has 0 unspecified atom stereocenters. The van der Waals surface area contributed by atoms with Gasteiger partial charge in [0.2, 0.25) is 0 Å². The molecule has 29 heavy (non-hydrogen) atoms. The Labute approximate surface area is 185 Å². The molecule has 4 nitrogen and oxygen atoms in total. The number of carbonyl (C=O) groups excluding carboxylic acids is 2. The molecule has 3 aromatic carbocycles. The number of benzene rings is 3. The molecule has 3 aromatic rings. The molecule has 1 atom stereocenters. The van der Waals surface area contributed by atoms with E-state index in [1.807, 2.05) is 36.4 Å². The Balaban J connectivity index is 1.71. The lowest BCUT2D eigenvalue weighted by Crippen LogP contribution is -2.41. The van der Waals surface area contributed by atoms with Crippen molar-refractivity contribution < 1.29 is 14.7 Å². The van der Waals surface area contributed by atoms with E-state index >= 15 is 0 Å². The molecule has 1 amide bonds. The van der Waals surface area contributed by atoms with Gasteiger partial charge in [0, 0.05) is 20.1 Å². The number of nitrogens with zero attached hydrogens (tertiary/aromatic N) is 1. The fourth-order valence-electron chi connectivity index (χ4n) is 3.59. The smallest absolute Gasteiger partial charge is 0.264 e. The van der Waals surface area contributed by atoms with E-state index in [1.54, 1.807) is 41.3 Å². The molecule has 1 aliphatic heterocycles. The maximum Gasteiger partial charge on any atom is 0.264 e. The maximum absolute atomic E-state index is 13.3. The van der Waals surface area contributed by atoms with Crippen LogP contribution in [0.25, 0.3) is 0 Å². The SMILES string of the molecule is O=C(C[C@@]1(O)C(=O)N(Cc2ccccc2)c2ccc(Br)cc21)c1ccc(Br)cc1. The van der Waals surface area contributed by atoms with Crippen molar-refractivity contribution in [2.24, 2.45) is 0 Å². The van der Waals surface area contributed by atoms with Crippen molar-refractivity contribution >= 4 is 49.2 Å². The molecule has 0 fully saturated rings. The van der Waals surface area contributed by atoms with Gasteiger partial charge in [0.15, 0.2) is 11.4 Å². The number of fused-ring (bicyclic) bond motifs is 1. The number of rotatable bonds is 5. The number of ketones is 1. The molecule has 6 heteroatoms. The summed E-state index contributed by atoms with van der Waals surface area (Å²) in [7, 11) is 0. The van der Waals surface area contributed by atoms with E-state index in [0.717, 1.165) is 14.5 Å². The quantitative estimate of drug-likeness (QED) is 0.475. The van der Waals surface area contributed by atoms with Crippen LogP contribution in [0.1, 0.15) is 27.9 Å². The first-order chi connectivity index (χ1) is 13.9. The monoisotopic (exact) mass is 513 g/mol. The van der Waals surface area contributed by atoms with Gasteiger partial charge in [-0.25, -0.2) is 0 Å². The average Bonchev–Trinajstić information content (AvgIpc) is 2.91. The first kappa shape index (κ1) is 20.0. The summed E-state index contributed by atoms with van der Waals surface area (Å²) in [4.78, 5) is 27.7. The van der Waals surface area contributed by atoms with E-state index in [1.165, 1.54) is 0 Å². The van der Waals surface area contributed by atoms with E-state index in [2.05, 4.69) is 31.9 Å². The summed E-state index contributed by atoms with van der Waals surface area (Å²) in [5.74, 6) is -0.777. The van der Waals surface area contributed by atoms with Crippen LogP contribution in [0, 0.1) is 0 Å². The number of hydrogen-bond acceptors (Lipinski definition) is 3. The number of carbonyl (C=O) groups is 2. The third-order valence-electron chi connectivity index (χ3n) is 5.06. The molecule has 0 radical (unpaired) electrons. The zero-order valence-electron chi connectivity index (χ0n) is 15.3. The van der Waals surface area contributed by atoms with Gasteiger partial charge in [0.1, 0.15) is 0 Å². The Morgan fingerprint density at radius 2 is 1.59 bits per heavy atom. The largest absolute Gasteiger partial charge is 0.375 e. The second-order valence-electron chi connectivity index (χ2n) is 7.01. The standard InChI is InChI=1S/C23H17Br2NO3/c24-17-8-6-16(7-9-17)21(27)13-23(29)19-12-18(25)10-11-20(19)26(22(23)28)14-15-4-2-1-3-5-15/h1-12,29H,13-14H2/t23-/m0/s1. The number of amides is 1. The predicted octanol–water partition coefficient (Wildman–Crippen LogP) is 5.22. The summed E-state index contributed by atoms with van der Waals surface area (Å²) in [5.41, 5.74) is 0.551. The van der Waals surface area contributed by atoms with Crippen LogP contribution in [-0.2, 0) is 16.9 Å². The van der Waals surface area contributed by atoms with Crippen LogP contribution in [-0.4, -0.2) is 16.8 Å².